The smallest absolute Gasteiger partial charge is 0.189 e. The molecule has 0 aliphatic heterocycles. The first-order valence-corrected chi connectivity index (χ1v) is 6.17. The molecule has 0 saturated carbocycles. The molecule has 0 heterocycles. The van der Waals surface area contributed by atoms with Gasteiger partial charge in [-0.15, -0.1) is 11.6 Å². The van der Waals surface area contributed by atoms with Gasteiger partial charge in [0.25, 0.3) is 0 Å². The van der Waals surface area contributed by atoms with E-state index < -0.39 is 0 Å². The van der Waals surface area contributed by atoms with Gasteiger partial charge in [-0.05, 0) is 30.0 Å². The third-order valence-corrected chi connectivity index (χ3v) is 2.75. The summed E-state index contributed by atoms with van der Waals surface area (Å²) < 4.78 is 10.5. The lowest BCUT2D eigenvalue weighted by Crippen LogP contribution is -2.04. The Morgan fingerprint density at radius 1 is 1.25 bits per heavy atom. The summed E-state index contributed by atoms with van der Waals surface area (Å²) in [6.45, 7) is 5.19. The molecule has 0 radical (unpaired) electrons. The molecule has 0 aliphatic rings. The minimum atomic E-state index is 0.259. The first-order valence-electron chi connectivity index (χ1n) is 5.64. The highest BCUT2D eigenvalue weighted by Crippen LogP contribution is 2.21. The molecule has 1 rings (SSSR count). The zero-order valence-corrected chi connectivity index (χ0v) is 10.7. The lowest BCUT2D eigenvalue weighted by molar-refractivity contribution is 0.0234. The van der Waals surface area contributed by atoms with Crippen molar-refractivity contribution in [3.63, 3.8) is 0 Å². The van der Waals surface area contributed by atoms with E-state index in [2.05, 4.69) is 26.0 Å². The second-order valence-electron chi connectivity index (χ2n) is 3.74. The minimum Gasteiger partial charge on any atom is -0.468 e. The van der Waals surface area contributed by atoms with E-state index in [0.29, 0.717) is 18.4 Å². The summed E-state index contributed by atoms with van der Waals surface area (Å²) >= 11 is 5.47. The van der Waals surface area contributed by atoms with Crippen LogP contribution in [0.15, 0.2) is 24.3 Å². The molecule has 16 heavy (non-hydrogen) atoms. The highest BCUT2D eigenvalue weighted by Gasteiger charge is 2.02. The normalized spacial score (nSPS) is 12.4. The van der Waals surface area contributed by atoms with Gasteiger partial charge in [-0.2, -0.15) is 0 Å². The van der Waals surface area contributed by atoms with Crippen LogP contribution in [-0.4, -0.2) is 19.3 Å². The standard InChI is InChI=1S/C13H19ClO2/c1-3-11(2)12-4-6-13(7-5-12)16-10-15-9-8-14/h4-7,11H,3,8-10H2,1-2H3. The van der Waals surface area contributed by atoms with Crippen LogP contribution >= 0.6 is 11.6 Å². The highest BCUT2D eigenvalue weighted by atomic mass is 35.5. The highest BCUT2D eigenvalue weighted by molar-refractivity contribution is 6.17. The molecule has 0 aromatic heterocycles. The van der Waals surface area contributed by atoms with Crippen molar-refractivity contribution in [2.75, 3.05) is 19.3 Å². The minimum absolute atomic E-state index is 0.259. The van der Waals surface area contributed by atoms with E-state index >= 15 is 0 Å². The van der Waals surface area contributed by atoms with Gasteiger partial charge in [0.2, 0.25) is 0 Å². The first kappa shape index (κ1) is 13.3. The van der Waals surface area contributed by atoms with Crippen LogP contribution < -0.4 is 4.74 Å². The molecule has 0 spiro atoms. The zero-order valence-electron chi connectivity index (χ0n) is 9.91. The molecule has 2 nitrogen and oxygen atoms in total. The predicted molar refractivity (Wildman–Crippen MR) is 67.3 cm³/mol. The van der Waals surface area contributed by atoms with Crippen molar-refractivity contribution in [3.05, 3.63) is 29.8 Å². The van der Waals surface area contributed by atoms with Gasteiger partial charge in [-0.1, -0.05) is 26.0 Å². The lowest BCUT2D eigenvalue weighted by atomic mass is 9.99. The monoisotopic (exact) mass is 242 g/mol. The summed E-state index contributed by atoms with van der Waals surface area (Å²) in [6.07, 6.45) is 1.15. The van der Waals surface area contributed by atoms with Crippen molar-refractivity contribution < 1.29 is 9.47 Å². The van der Waals surface area contributed by atoms with E-state index in [-0.39, 0.29) is 6.79 Å². The van der Waals surface area contributed by atoms with Crippen molar-refractivity contribution in [1.29, 1.82) is 0 Å². The van der Waals surface area contributed by atoms with Gasteiger partial charge < -0.3 is 9.47 Å². The number of rotatable bonds is 7. The van der Waals surface area contributed by atoms with Crippen LogP contribution in [0.5, 0.6) is 5.75 Å². The fourth-order valence-electron chi connectivity index (χ4n) is 1.35. The summed E-state index contributed by atoms with van der Waals surface area (Å²) in [7, 11) is 0. The Morgan fingerprint density at radius 3 is 2.50 bits per heavy atom. The molecule has 3 heteroatoms. The maximum Gasteiger partial charge on any atom is 0.189 e. The Morgan fingerprint density at radius 2 is 1.94 bits per heavy atom. The summed E-state index contributed by atoms with van der Waals surface area (Å²) in [5, 5.41) is 0. The van der Waals surface area contributed by atoms with Gasteiger partial charge in [-0.25, -0.2) is 0 Å². The third-order valence-electron chi connectivity index (χ3n) is 2.59. The van der Waals surface area contributed by atoms with Gasteiger partial charge in [0.15, 0.2) is 6.79 Å². The number of hydrogen-bond acceptors (Lipinski definition) is 2. The maximum atomic E-state index is 5.47. The van der Waals surface area contributed by atoms with Gasteiger partial charge >= 0.3 is 0 Å². The van der Waals surface area contributed by atoms with E-state index in [1.165, 1.54) is 5.56 Å². The fraction of sp³-hybridized carbons (Fsp3) is 0.538. The van der Waals surface area contributed by atoms with Crippen LogP contribution in [0, 0.1) is 0 Å². The molecule has 0 aliphatic carbocycles. The predicted octanol–water partition coefficient (Wildman–Crippen LogP) is 3.79. The second-order valence-corrected chi connectivity index (χ2v) is 4.12. The molecule has 0 saturated heterocycles. The molecule has 0 fully saturated rings. The topological polar surface area (TPSA) is 18.5 Å². The number of benzene rings is 1. The fourth-order valence-corrected chi connectivity index (χ4v) is 1.46. The Kier molecular flexibility index (Phi) is 6.27. The van der Waals surface area contributed by atoms with Crippen molar-refractivity contribution in [2.24, 2.45) is 0 Å². The molecular formula is C13H19ClO2. The van der Waals surface area contributed by atoms with Crippen molar-refractivity contribution in [1.82, 2.24) is 0 Å². The average molecular weight is 243 g/mol. The van der Waals surface area contributed by atoms with E-state index in [1.54, 1.807) is 0 Å². The van der Waals surface area contributed by atoms with E-state index in [0.717, 1.165) is 12.2 Å². The zero-order chi connectivity index (χ0) is 11.8. The van der Waals surface area contributed by atoms with Crippen molar-refractivity contribution in [3.8, 4) is 5.75 Å². The Balaban J connectivity index is 2.39. The average Bonchev–Trinajstić information content (AvgIpc) is 2.34. The van der Waals surface area contributed by atoms with Crippen LogP contribution in [0.1, 0.15) is 31.7 Å². The quantitative estimate of drug-likeness (QED) is 0.412. The molecule has 0 N–H and O–H groups in total. The second kappa shape index (κ2) is 7.53. The number of halogens is 1. The molecule has 0 amide bonds. The van der Waals surface area contributed by atoms with Crippen molar-refractivity contribution in [2.45, 2.75) is 26.2 Å². The largest absolute Gasteiger partial charge is 0.468 e. The van der Waals surface area contributed by atoms with Crippen LogP contribution in [0.25, 0.3) is 0 Å². The third kappa shape index (κ3) is 4.42. The Labute approximate surface area is 103 Å². The lowest BCUT2D eigenvalue weighted by Gasteiger charge is -2.10. The summed E-state index contributed by atoms with van der Waals surface area (Å²) in [5.74, 6) is 1.93. The molecular weight excluding hydrogens is 224 g/mol. The van der Waals surface area contributed by atoms with Crippen LogP contribution in [-0.2, 0) is 4.74 Å². The van der Waals surface area contributed by atoms with Crippen LogP contribution in [0.4, 0.5) is 0 Å². The number of alkyl halides is 1. The Bertz CT molecular complexity index is 284. The summed E-state index contributed by atoms with van der Waals surface area (Å²) in [5.41, 5.74) is 1.34. The van der Waals surface area contributed by atoms with Crippen molar-refractivity contribution >= 4 is 11.6 Å². The summed E-state index contributed by atoms with van der Waals surface area (Å²) in [4.78, 5) is 0. The molecule has 1 aromatic carbocycles. The van der Waals surface area contributed by atoms with E-state index in [4.69, 9.17) is 21.1 Å². The van der Waals surface area contributed by atoms with Gasteiger partial charge in [0, 0.05) is 5.88 Å². The molecule has 1 unspecified atom stereocenters. The SMILES string of the molecule is CCC(C)c1ccc(OCOCCCl)cc1. The molecule has 1 aromatic rings. The molecule has 90 valence electrons. The maximum absolute atomic E-state index is 5.47. The molecule has 0 bridgehead atoms. The molecule has 1 atom stereocenters. The number of hydrogen-bond donors (Lipinski definition) is 0. The van der Waals surface area contributed by atoms with Crippen LogP contribution in [0.2, 0.25) is 0 Å². The number of ether oxygens (including phenoxy) is 2. The van der Waals surface area contributed by atoms with Gasteiger partial charge in [0.1, 0.15) is 5.75 Å². The first-order chi connectivity index (χ1) is 7.77. The van der Waals surface area contributed by atoms with Gasteiger partial charge in [0.05, 0.1) is 6.61 Å². The van der Waals surface area contributed by atoms with Gasteiger partial charge in [-0.3, -0.25) is 0 Å². The van der Waals surface area contributed by atoms with E-state index in [9.17, 15) is 0 Å². The van der Waals surface area contributed by atoms with Crippen LogP contribution in [0.3, 0.4) is 0 Å². The van der Waals surface area contributed by atoms with E-state index in [1.807, 2.05) is 12.1 Å². The summed E-state index contributed by atoms with van der Waals surface area (Å²) in [6, 6.07) is 8.16. The Hall–Kier alpha value is -0.730.